The van der Waals surface area contributed by atoms with Crippen LogP contribution in [0.1, 0.15) is 17.5 Å². The van der Waals surface area contributed by atoms with E-state index in [1.165, 1.54) is 5.56 Å². The number of anilines is 2. The first-order valence-corrected chi connectivity index (χ1v) is 9.42. The maximum absolute atomic E-state index is 6.26. The molecule has 28 heavy (non-hydrogen) atoms. The molecule has 3 N–H and O–H groups in total. The Labute approximate surface area is 165 Å². The fourth-order valence-electron chi connectivity index (χ4n) is 2.80. The first-order valence-electron chi connectivity index (χ1n) is 9.42. The molecule has 0 saturated heterocycles. The zero-order valence-corrected chi connectivity index (χ0v) is 16.1. The number of pyridine rings is 2. The maximum atomic E-state index is 6.26. The number of rotatable bonds is 10. The molecule has 0 amide bonds. The van der Waals surface area contributed by atoms with Crippen LogP contribution in [-0.4, -0.2) is 29.7 Å². The van der Waals surface area contributed by atoms with E-state index in [0.717, 1.165) is 24.1 Å². The highest BCUT2D eigenvalue weighted by Crippen LogP contribution is 2.33. The molecule has 0 unspecified atom stereocenters. The number of nitrogens with zero attached hydrogens (tertiary/aromatic N) is 2. The van der Waals surface area contributed by atoms with Gasteiger partial charge in [0.15, 0.2) is 0 Å². The van der Waals surface area contributed by atoms with Gasteiger partial charge < -0.3 is 20.5 Å². The number of aryl methyl sites for hydroxylation is 2. The van der Waals surface area contributed by atoms with Gasteiger partial charge in [-0.05, 0) is 49.1 Å². The number of nitrogens with one attached hydrogen (secondary N) is 1. The van der Waals surface area contributed by atoms with Crippen LogP contribution in [0.25, 0.3) is 0 Å². The highest BCUT2D eigenvalue weighted by Gasteiger charge is 2.11. The number of para-hydroxylation sites is 1. The lowest BCUT2D eigenvalue weighted by molar-refractivity contribution is 0.141. The molecule has 3 aromatic rings. The molecule has 2 heterocycles. The zero-order valence-electron chi connectivity index (χ0n) is 16.1. The third-order valence-corrected chi connectivity index (χ3v) is 4.25. The first-order chi connectivity index (χ1) is 13.7. The van der Waals surface area contributed by atoms with E-state index in [-0.39, 0.29) is 0 Å². The Morgan fingerprint density at radius 3 is 2.68 bits per heavy atom. The lowest BCUT2D eigenvalue weighted by Gasteiger charge is -2.15. The van der Waals surface area contributed by atoms with Crippen molar-refractivity contribution in [3.8, 4) is 11.6 Å². The minimum atomic E-state index is 0.400. The predicted octanol–water partition coefficient (Wildman–Crippen LogP) is 4.22. The zero-order chi connectivity index (χ0) is 19.6. The lowest BCUT2D eigenvalue weighted by Crippen LogP contribution is -2.13. The summed E-state index contributed by atoms with van der Waals surface area (Å²) in [5, 5.41) is 3.34. The Morgan fingerprint density at radius 1 is 1.04 bits per heavy atom. The number of nitrogen functional groups attached to an aromatic ring is 1. The molecule has 0 atom stereocenters. The van der Waals surface area contributed by atoms with Crippen molar-refractivity contribution in [3.05, 3.63) is 72.2 Å². The summed E-state index contributed by atoms with van der Waals surface area (Å²) in [5.74, 6) is 1.10. The van der Waals surface area contributed by atoms with E-state index < -0.39 is 0 Å². The molecular formula is C22H26N4O2. The number of nitrogens with two attached hydrogens (primary N) is 1. The summed E-state index contributed by atoms with van der Waals surface area (Å²) in [6, 6.07) is 13.5. The van der Waals surface area contributed by atoms with Gasteiger partial charge in [0.1, 0.15) is 11.4 Å². The summed E-state index contributed by atoms with van der Waals surface area (Å²) in [4.78, 5) is 8.43. The van der Waals surface area contributed by atoms with Gasteiger partial charge in [0.25, 0.3) is 0 Å². The smallest absolute Gasteiger partial charge is 0.244 e. The van der Waals surface area contributed by atoms with Crippen LogP contribution in [-0.2, 0) is 11.2 Å². The van der Waals surface area contributed by atoms with E-state index >= 15 is 0 Å². The van der Waals surface area contributed by atoms with Gasteiger partial charge in [-0.25, -0.2) is 4.98 Å². The standard InChI is InChI=1S/C22H26N4O2/c1-17-15-26-22(28-19-9-3-2-4-10-19)20(23)21(17)25-12-14-27-13-6-8-18-7-5-11-24-16-18/h2-5,7,9-11,15-16H,6,8,12-14,23H2,1H3,(H,25,26). The monoisotopic (exact) mass is 378 g/mol. The van der Waals surface area contributed by atoms with E-state index in [0.29, 0.717) is 37.1 Å². The van der Waals surface area contributed by atoms with Gasteiger partial charge >= 0.3 is 0 Å². The van der Waals surface area contributed by atoms with Crippen LogP contribution in [0.15, 0.2) is 61.1 Å². The van der Waals surface area contributed by atoms with E-state index in [4.69, 9.17) is 15.2 Å². The maximum Gasteiger partial charge on any atom is 0.244 e. The summed E-state index contributed by atoms with van der Waals surface area (Å²) >= 11 is 0. The highest BCUT2D eigenvalue weighted by molar-refractivity contribution is 5.74. The van der Waals surface area contributed by atoms with Gasteiger partial charge in [0, 0.05) is 31.7 Å². The van der Waals surface area contributed by atoms with E-state index in [2.05, 4.69) is 21.4 Å². The van der Waals surface area contributed by atoms with Gasteiger partial charge in [-0.3, -0.25) is 4.98 Å². The lowest BCUT2D eigenvalue weighted by atomic mass is 10.2. The van der Waals surface area contributed by atoms with Crippen LogP contribution in [0.2, 0.25) is 0 Å². The largest absolute Gasteiger partial charge is 0.437 e. The van der Waals surface area contributed by atoms with Crippen LogP contribution in [0, 0.1) is 6.92 Å². The van der Waals surface area contributed by atoms with Crippen molar-refractivity contribution in [1.82, 2.24) is 9.97 Å². The Hall–Kier alpha value is -3.12. The third-order valence-electron chi connectivity index (χ3n) is 4.25. The second-order valence-corrected chi connectivity index (χ2v) is 6.45. The van der Waals surface area contributed by atoms with Gasteiger partial charge in [-0.1, -0.05) is 24.3 Å². The molecule has 0 fully saturated rings. The summed E-state index contributed by atoms with van der Waals surface area (Å²) in [7, 11) is 0. The fraction of sp³-hybridized carbons (Fsp3) is 0.273. The Kier molecular flexibility index (Phi) is 7.21. The molecule has 0 spiro atoms. The first kappa shape index (κ1) is 19.6. The van der Waals surface area contributed by atoms with Gasteiger partial charge in [-0.2, -0.15) is 0 Å². The number of hydrogen-bond donors (Lipinski definition) is 2. The molecule has 6 heteroatoms. The second kappa shape index (κ2) is 10.3. The fourth-order valence-corrected chi connectivity index (χ4v) is 2.80. The average Bonchev–Trinajstić information content (AvgIpc) is 2.73. The molecule has 0 aliphatic carbocycles. The molecule has 2 aromatic heterocycles. The van der Waals surface area contributed by atoms with E-state index in [1.807, 2.05) is 49.5 Å². The predicted molar refractivity (Wildman–Crippen MR) is 112 cm³/mol. The Balaban J connectivity index is 1.44. The molecule has 0 aliphatic heterocycles. The van der Waals surface area contributed by atoms with Crippen LogP contribution in [0.4, 0.5) is 11.4 Å². The summed E-state index contributed by atoms with van der Waals surface area (Å²) in [5.41, 5.74) is 9.79. The van der Waals surface area contributed by atoms with Crippen molar-refractivity contribution in [3.63, 3.8) is 0 Å². The summed E-state index contributed by atoms with van der Waals surface area (Å²) in [6.07, 6.45) is 7.38. The Morgan fingerprint density at radius 2 is 1.89 bits per heavy atom. The van der Waals surface area contributed by atoms with Crippen LogP contribution in [0.3, 0.4) is 0 Å². The van der Waals surface area contributed by atoms with E-state index in [1.54, 1.807) is 12.4 Å². The molecule has 0 radical (unpaired) electrons. The van der Waals surface area contributed by atoms with Crippen molar-refractivity contribution in [1.29, 1.82) is 0 Å². The number of benzene rings is 1. The molecule has 6 nitrogen and oxygen atoms in total. The van der Waals surface area contributed by atoms with Gasteiger partial charge in [-0.15, -0.1) is 0 Å². The Bertz CT molecular complexity index is 857. The van der Waals surface area contributed by atoms with Crippen molar-refractivity contribution in [2.45, 2.75) is 19.8 Å². The number of aromatic nitrogens is 2. The van der Waals surface area contributed by atoms with Gasteiger partial charge in [0.05, 0.1) is 12.3 Å². The molecule has 1 aromatic carbocycles. The molecule has 146 valence electrons. The van der Waals surface area contributed by atoms with Gasteiger partial charge in [0.2, 0.25) is 5.88 Å². The van der Waals surface area contributed by atoms with Crippen molar-refractivity contribution in [2.24, 2.45) is 0 Å². The third kappa shape index (κ3) is 5.69. The number of ether oxygens (including phenoxy) is 2. The number of hydrogen-bond acceptors (Lipinski definition) is 6. The summed E-state index contributed by atoms with van der Waals surface area (Å²) in [6.45, 7) is 3.94. The summed E-state index contributed by atoms with van der Waals surface area (Å²) < 4.78 is 11.5. The molecular weight excluding hydrogens is 352 g/mol. The van der Waals surface area contributed by atoms with Crippen LogP contribution in [0.5, 0.6) is 11.6 Å². The average molecular weight is 378 g/mol. The molecule has 0 saturated carbocycles. The topological polar surface area (TPSA) is 82.3 Å². The molecule has 0 aliphatic rings. The molecule has 0 bridgehead atoms. The minimum Gasteiger partial charge on any atom is -0.437 e. The normalized spacial score (nSPS) is 10.6. The van der Waals surface area contributed by atoms with E-state index in [9.17, 15) is 0 Å². The van der Waals surface area contributed by atoms with Crippen molar-refractivity contribution >= 4 is 11.4 Å². The van der Waals surface area contributed by atoms with Crippen LogP contribution < -0.4 is 15.8 Å². The van der Waals surface area contributed by atoms with Crippen molar-refractivity contribution < 1.29 is 9.47 Å². The highest BCUT2D eigenvalue weighted by atomic mass is 16.5. The second-order valence-electron chi connectivity index (χ2n) is 6.45. The SMILES string of the molecule is Cc1cnc(Oc2ccccc2)c(N)c1NCCOCCCc1cccnc1. The van der Waals surface area contributed by atoms with Crippen molar-refractivity contribution in [2.75, 3.05) is 30.8 Å². The van der Waals surface area contributed by atoms with Crippen LogP contribution >= 0.6 is 0 Å². The molecule has 3 rings (SSSR count). The quantitative estimate of drug-likeness (QED) is 0.514. The minimum absolute atomic E-state index is 0.400.